The second-order valence-corrected chi connectivity index (χ2v) is 5.35. The molecule has 0 amide bonds. The van der Waals surface area contributed by atoms with E-state index in [-0.39, 0.29) is 6.29 Å². The fourth-order valence-electron chi connectivity index (χ4n) is 2.77. The van der Waals surface area contributed by atoms with Crippen molar-refractivity contribution >= 4 is 0 Å². The predicted molar refractivity (Wildman–Crippen MR) is 70.6 cm³/mol. The van der Waals surface area contributed by atoms with Gasteiger partial charge in [0.25, 0.3) is 0 Å². The van der Waals surface area contributed by atoms with Crippen molar-refractivity contribution in [3.05, 3.63) is 0 Å². The summed E-state index contributed by atoms with van der Waals surface area (Å²) in [6.07, 6.45) is 5.81. The Labute approximate surface area is 110 Å². The van der Waals surface area contributed by atoms with Crippen molar-refractivity contribution < 1.29 is 14.2 Å². The van der Waals surface area contributed by atoms with Gasteiger partial charge in [-0.25, -0.2) is 0 Å². The zero-order valence-electron chi connectivity index (χ0n) is 11.5. The van der Waals surface area contributed by atoms with E-state index >= 15 is 0 Å². The van der Waals surface area contributed by atoms with Gasteiger partial charge < -0.3 is 19.5 Å². The lowest BCUT2D eigenvalue weighted by Crippen LogP contribution is -2.36. The Kier molecular flexibility index (Phi) is 6.41. The van der Waals surface area contributed by atoms with Crippen LogP contribution in [0.1, 0.15) is 39.0 Å². The van der Waals surface area contributed by atoms with Crippen molar-refractivity contribution in [3.8, 4) is 0 Å². The van der Waals surface area contributed by atoms with Crippen LogP contribution in [0.25, 0.3) is 0 Å². The minimum atomic E-state index is 0.0131. The summed E-state index contributed by atoms with van der Waals surface area (Å²) < 4.78 is 16.6. The molecule has 0 aromatic heterocycles. The highest BCUT2D eigenvalue weighted by atomic mass is 16.7. The van der Waals surface area contributed by atoms with Crippen molar-refractivity contribution in [1.82, 2.24) is 5.32 Å². The molecule has 0 spiro atoms. The quantitative estimate of drug-likeness (QED) is 0.756. The van der Waals surface area contributed by atoms with Crippen molar-refractivity contribution in [2.75, 3.05) is 33.0 Å². The van der Waals surface area contributed by atoms with E-state index in [1.807, 2.05) is 0 Å². The molecule has 1 unspecified atom stereocenters. The molecule has 0 bridgehead atoms. The fraction of sp³-hybridized carbons (Fsp3) is 1.00. The molecule has 0 aromatic carbocycles. The minimum absolute atomic E-state index is 0.0131. The van der Waals surface area contributed by atoms with Gasteiger partial charge in [-0.1, -0.05) is 6.92 Å². The number of rotatable bonds is 7. The molecule has 1 N–H and O–H groups in total. The summed E-state index contributed by atoms with van der Waals surface area (Å²) in [5.41, 5.74) is 0. The fourth-order valence-corrected chi connectivity index (χ4v) is 2.77. The van der Waals surface area contributed by atoms with Gasteiger partial charge >= 0.3 is 0 Å². The summed E-state index contributed by atoms with van der Waals surface area (Å²) in [6, 6.07) is 0.524. The smallest absolute Gasteiger partial charge is 0.159 e. The van der Waals surface area contributed by atoms with Gasteiger partial charge in [0.1, 0.15) is 0 Å². The molecule has 106 valence electrons. The zero-order chi connectivity index (χ0) is 12.6. The van der Waals surface area contributed by atoms with Gasteiger partial charge in [0.15, 0.2) is 6.29 Å². The Morgan fingerprint density at radius 3 is 2.44 bits per heavy atom. The Morgan fingerprint density at radius 1 is 1.06 bits per heavy atom. The molecule has 0 saturated carbocycles. The second-order valence-electron chi connectivity index (χ2n) is 5.35. The lowest BCUT2D eigenvalue weighted by molar-refractivity contribution is -0.0550. The molecular formula is C14H27NO3. The molecule has 1 atom stereocenters. The first-order valence-electron chi connectivity index (χ1n) is 7.42. The van der Waals surface area contributed by atoms with Gasteiger partial charge in [-0.15, -0.1) is 0 Å². The number of nitrogens with one attached hydrogen (secondary N) is 1. The van der Waals surface area contributed by atoms with E-state index in [1.165, 1.54) is 25.7 Å². The molecule has 0 aliphatic carbocycles. The van der Waals surface area contributed by atoms with E-state index in [1.54, 1.807) is 0 Å². The van der Waals surface area contributed by atoms with E-state index in [0.717, 1.165) is 45.3 Å². The summed E-state index contributed by atoms with van der Waals surface area (Å²) in [5, 5.41) is 3.64. The number of hydrogen-bond acceptors (Lipinski definition) is 4. The highest BCUT2D eigenvalue weighted by Gasteiger charge is 2.24. The molecule has 4 heteroatoms. The van der Waals surface area contributed by atoms with Crippen LogP contribution in [0.15, 0.2) is 0 Å². The lowest BCUT2D eigenvalue weighted by Gasteiger charge is -2.28. The van der Waals surface area contributed by atoms with Crippen LogP contribution in [-0.2, 0) is 14.2 Å². The minimum Gasteiger partial charge on any atom is -0.381 e. The maximum absolute atomic E-state index is 5.57. The third-order valence-electron chi connectivity index (χ3n) is 3.81. The second kappa shape index (κ2) is 8.10. The molecule has 2 aliphatic rings. The van der Waals surface area contributed by atoms with Gasteiger partial charge in [0.05, 0.1) is 13.2 Å². The molecule has 2 aliphatic heterocycles. The van der Waals surface area contributed by atoms with Gasteiger partial charge in [-0.05, 0) is 38.1 Å². The molecule has 0 aromatic rings. The van der Waals surface area contributed by atoms with Crippen LogP contribution in [0.2, 0.25) is 0 Å². The standard InChI is InChI=1S/C14H27NO3/c1-2-5-15-13(11-14-17-8-9-18-14)10-12-3-6-16-7-4-12/h12-15H,2-11H2,1H3. The van der Waals surface area contributed by atoms with Crippen LogP contribution in [0.5, 0.6) is 0 Å². The molecule has 4 nitrogen and oxygen atoms in total. The molecule has 18 heavy (non-hydrogen) atoms. The van der Waals surface area contributed by atoms with Crippen molar-refractivity contribution in [2.24, 2.45) is 5.92 Å². The number of hydrogen-bond donors (Lipinski definition) is 1. The van der Waals surface area contributed by atoms with Crippen LogP contribution in [0.3, 0.4) is 0 Å². The average molecular weight is 257 g/mol. The van der Waals surface area contributed by atoms with Crippen LogP contribution in [0, 0.1) is 5.92 Å². The highest BCUT2D eigenvalue weighted by molar-refractivity contribution is 4.76. The largest absolute Gasteiger partial charge is 0.381 e. The molecule has 0 radical (unpaired) electrons. The Morgan fingerprint density at radius 2 is 1.78 bits per heavy atom. The van der Waals surface area contributed by atoms with Crippen LogP contribution < -0.4 is 5.32 Å². The highest BCUT2D eigenvalue weighted by Crippen LogP contribution is 2.23. The van der Waals surface area contributed by atoms with Gasteiger partial charge in [-0.3, -0.25) is 0 Å². The van der Waals surface area contributed by atoms with Crippen molar-refractivity contribution in [3.63, 3.8) is 0 Å². The first-order chi connectivity index (χ1) is 8.88. The topological polar surface area (TPSA) is 39.7 Å². The van der Waals surface area contributed by atoms with E-state index in [2.05, 4.69) is 12.2 Å². The molecule has 2 saturated heterocycles. The maximum Gasteiger partial charge on any atom is 0.159 e. The van der Waals surface area contributed by atoms with Crippen LogP contribution in [0.4, 0.5) is 0 Å². The Bertz CT molecular complexity index is 213. The first-order valence-corrected chi connectivity index (χ1v) is 7.42. The monoisotopic (exact) mass is 257 g/mol. The Hall–Kier alpha value is -0.160. The normalized spacial score (nSPS) is 24.5. The van der Waals surface area contributed by atoms with E-state index in [4.69, 9.17) is 14.2 Å². The van der Waals surface area contributed by atoms with Crippen LogP contribution in [-0.4, -0.2) is 45.3 Å². The van der Waals surface area contributed by atoms with Crippen molar-refractivity contribution in [2.45, 2.75) is 51.4 Å². The maximum atomic E-state index is 5.57. The van der Waals surface area contributed by atoms with Gasteiger partial charge in [0, 0.05) is 25.7 Å². The predicted octanol–water partition coefficient (Wildman–Crippen LogP) is 1.93. The molecule has 2 heterocycles. The summed E-state index contributed by atoms with van der Waals surface area (Å²) >= 11 is 0. The molecule has 2 fully saturated rings. The van der Waals surface area contributed by atoms with Crippen molar-refractivity contribution in [1.29, 1.82) is 0 Å². The summed E-state index contributed by atoms with van der Waals surface area (Å²) in [4.78, 5) is 0. The lowest BCUT2D eigenvalue weighted by atomic mass is 9.91. The molecule has 2 rings (SSSR count). The van der Waals surface area contributed by atoms with E-state index < -0.39 is 0 Å². The summed E-state index contributed by atoms with van der Waals surface area (Å²) in [5.74, 6) is 0.800. The molecular weight excluding hydrogens is 230 g/mol. The third-order valence-corrected chi connectivity index (χ3v) is 3.81. The summed E-state index contributed by atoms with van der Waals surface area (Å²) in [6.45, 7) is 6.66. The summed E-state index contributed by atoms with van der Waals surface area (Å²) in [7, 11) is 0. The zero-order valence-corrected chi connectivity index (χ0v) is 11.5. The van der Waals surface area contributed by atoms with Gasteiger partial charge in [0.2, 0.25) is 0 Å². The third kappa shape index (κ3) is 4.84. The average Bonchev–Trinajstić information content (AvgIpc) is 2.90. The van der Waals surface area contributed by atoms with E-state index in [9.17, 15) is 0 Å². The Balaban J connectivity index is 1.74. The number of ether oxygens (including phenoxy) is 3. The van der Waals surface area contributed by atoms with Crippen LogP contribution >= 0.6 is 0 Å². The first kappa shape index (κ1) is 14.3. The van der Waals surface area contributed by atoms with E-state index in [0.29, 0.717) is 6.04 Å². The van der Waals surface area contributed by atoms with Gasteiger partial charge in [-0.2, -0.15) is 0 Å². The SMILES string of the molecule is CCCNC(CC1CCOCC1)CC1OCCO1.